The first-order valence-electron chi connectivity index (χ1n) is 8.87. The van der Waals surface area contributed by atoms with E-state index in [1.165, 1.54) is 23.0 Å². The third-order valence-electron chi connectivity index (χ3n) is 4.13. The Bertz CT molecular complexity index is 1160. The molecule has 1 N–H and O–H groups in total. The third kappa shape index (κ3) is 4.26. The van der Waals surface area contributed by atoms with Crippen LogP contribution in [0.4, 0.5) is 27.6 Å². The molecule has 3 rings (SSSR count). The van der Waals surface area contributed by atoms with E-state index in [0.717, 1.165) is 7.11 Å². The molecule has 3 aromatic rings. The van der Waals surface area contributed by atoms with Crippen molar-refractivity contribution >= 4 is 17.6 Å². The van der Waals surface area contributed by atoms with Gasteiger partial charge in [-0.3, -0.25) is 9.48 Å². The number of anilines is 1. The first-order valence-corrected chi connectivity index (χ1v) is 8.87. The zero-order valence-corrected chi connectivity index (χ0v) is 16.5. The van der Waals surface area contributed by atoms with Gasteiger partial charge in [-0.2, -0.15) is 13.9 Å². The van der Waals surface area contributed by atoms with E-state index in [4.69, 9.17) is 4.42 Å². The van der Waals surface area contributed by atoms with Gasteiger partial charge in [0, 0.05) is 12.7 Å². The maximum Gasteiger partial charge on any atom is 0.360 e. The van der Waals surface area contributed by atoms with Crippen molar-refractivity contribution in [3.63, 3.8) is 0 Å². The molecule has 0 bridgehead atoms. The minimum atomic E-state index is -2.32. The van der Waals surface area contributed by atoms with Gasteiger partial charge in [0.25, 0.3) is 5.91 Å². The summed E-state index contributed by atoms with van der Waals surface area (Å²) in [5.74, 6) is -14.5. The molecule has 0 fully saturated rings. The second-order valence-electron chi connectivity index (χ2n) is 6.15. The van der Waals surface area contributed by atoms with Crippen LogP contribution < -0.4 is 10.1 Å². The summed E-state index contributed by atoms with van der Waals surface area (Å²) in [5, 5.41) is 6.37. The van der Waals surface area contributed by atoms with Crippen LogP contribution in [-0.2, 0) is 17.9 Å². The number of benzene rings is 1. The average Bonchev–Trinajstić information content (AvgIpc) is 3.43. The van der Waals surface area contributed by atoms with Gasteiger partial charge in [0.15, 0.2) is 17.2 Å². The van der Waals surface area contributed by atoms with Gasteiger partial charge >= 0.3 is 5.97 Å². The lowest BCUT2D eigenvalue weighted by molar-refractivity contribution is 0.0594. The fourth-order valence-electron chi connectivity index (χ4n) is 2.54. The van der Waals surface area contributed by atoms with Crippen LogP contribution in [0.1, 0.15) is 33.7 Å². The normalized spacial score (nSPS) is 10.8. The number of halogens is 5. The van der Waals surface area contributed by atoms with Crippen molar-refractivity contribution in [2.24, 2.45) is 0 Å². The van der Waals surface area contributed by atoms with E-state index in [2.05, 4.69) is 19.9 Å². The molecular formula is C19H14F5N3O5. The summed E-state index contributed by atoms with van der Waals surface area (Å²) in [6.07, 6.45) is 1.39. The predicted octanol–water partition coefficient (Wildman–Crippen LogP) is 3.81. The Kier molecular flexibility index (Phi) is 6.46. The number of aryl methyl sites for hydroxylation is 1. The quantitative estimate of drug-likeness (QED) is 0.250. The number of carbonyl (C=O) groups excluding carboxylic acids is 2. The van der Waals surface area contributed by atoms with Crippen LogP contribution in [0.3, 0.4) is 0 Å². The number of nitrogens with zero attached hydrogens (tertiary/aromatic N) is 2. The lowest BCUT2D eigenvalue weighted by atomic mass is 10.2. The highest BCUT2D eigenvalue weighted by Gasteiger charge is 2.27. The fourth-order valence-corrected chi connectivity index (χ4v) is 2.54. The summed E-state index contributed by atoms with van der Waals surface area (Å²) in [5.41, 5.74) is -0.108. The molecule has 2 heterocycles. The standard InChI is InChI=1S/C19H14F5N3O5/c1-3-27-6-9(16(26-27)19(29)30-2)25-18(28)10-5-4-8(32-10)7-31-17-14(23)12(21)11(20)13(22)15(17)24/h4-6H,3,7H2,1-2H3,(H,25,28). The van der Waals surface area contributed by atoms with Crippen molar-refractivity contribution in [3.05, 3.63) is 64.6 Å². The van der Waals surface area contributed by atoms with Gasteiger partial charge < -0.3 is 19.2 Å². The lowest BCUT2D eigenvalue weighted by Gasteiger charge is -2.09. The number of methoxy groups -OCH3 is 1. The summed E-state index contributed by atoms with van der Waals surface area (Å²) in [6, 6.07) is 2.37. The van der Waals surface area contributed by atoms with Crippen molar-refractivity contribution in [2.45, 2.75) is 20.1 Å². The van der Waals surface area contributed by atoms with Crippen LogP contribution in [0.25, 0.3) is 0 Å². The number of nitrogens with one attached hydrogen (secondary N) is 1. The lowest BCUT2D eigenvalue weighted by Crippen LogP contribution is -2.14. The predicted molar refractivity (Wildman–Crippen MR) is 96.5 cm³/mol. The Labute approximate surface area is 176 Å². The minimum Gasteiger partial charge on any atom is -0.479 e. The number of carbonyl (C=O) groups is 2. The molecule has 0 atom stereocenters. The van der Waals surface area contributed by atoms with Gasteiger partial charge in [-0.1, -0.05) is 0 Å². The topological polar surface area (TPSA) is 95.6 Å². The summed E-state index contributed by atoms with van der Waals surface area (Å²) in [7, 11) is 1.14. The molecule has 170 valence electrons. The zero-order valence-electron chi connectivity index (χ0n) is 16.5. The Balaban J connectivity index is 1.74. The zero-order chi connectivity index (χ0) is 23.6. The van der Waals surface area contributed by atoms with Gasteiger partial charge in [-0.05, 0) is 19.1 Å². The molecule has 0 spiro atoms. The number of hydrogen-bond donors (Lipinski definition) is 1. The van der Waals surface area contributed by atoms with E-state index in [1.54, 1.807) is 6.92 Å². The van der Waals surface area contributed by atoms with Gasteiger partial charge in [-0.25, -0.2) is 18.0 Å². The van der Waals surface area contributed by atoms with Crippen LogP contribution in [-0.4, -0.2) is 28.8 Å². The third-order valence-corrected chi connectivity index (χ3v) is 4.13. The molecule has 0 radical (unpaired) electrons. The van der Waals surface area contributed by atoms with Crippen molar-refractivity contribution in [1.82, 2.24) is 9.78 Å². The van der Waals surface area contributed by atoms with E-state index in [1.807, 2.05) is 0 Å². The van der Waals surface area contributed by atoms with Crippen LogP contribution >= 0.6 is 0 Å². The first-order chi connectivity index (χ1) is 15.2. The number of furan rings is 1. The first kappa shape index (κ1) is 22.8. The molecule has 0 unspecified atom stereocenters. The molecule has 0 aliphatic heterocycles. The Hall–Kier alpha value is -3.90. The van der Waals surface area contributed by atoms with E-state index in [-0.39, 0.29) is 22.9 Å². The smallest absolute Gasteiger partial charge is 0.360 e. The maximum atomic E-state index is 13.7. The molecule has 0 aliphatic rings. The highest BCUT2D eigenvalue weighted by Crippen LogP contribution is 2.30. The molecule has 13 heteroatoms. The van der Waals surface area contributed by atoms with Crippen molar-refractivity contribution < 1.29 is 45.4 Å². The number of esters is 1. The molecule has 1 amide bonds. The van der Waals surface area contributed by atoms with Gasteiger partial charge in [0.1, 0.15) is 12.4 Å². The average molecular weight is 459 g/mol. The van der Waals surface area contributed by atoms with Crippen LogP contribution in [0.15, 0.2) is 22.7 Å². The van der Waals surface area contributed by atoms with Gasteiger partial charge in [0.05, 0.1) is 12.8 Å². The summed E-state index contributed by atoms with van der Waals surface area (Å²) in [6.45, 7) is 1.41. The maximum absolute atomic E-state index is 13.7. The highest BCUT2D eigenvalue weighted by atomic mass is 19.2. The fraction of sp³-hybridized carbons (Fsp3) is 0.211. The van der Waals surface area contributed by atoms with Crippen molar-refractivity contribution in [1.29, 1.82) is 0 Å². The Morgan fingerprint density at radius 3 is 2.28 bits per heavy atom. The monoisotopic (exact) mass is 459 g/mol. The van der Waals surface area contributed by atoms with E-state index in [9.17, 15) is 31.5 Å². The molecule has 0 aliphatic carbocycles. The van der Waals surface area contributed by atoms with Gasteiger partial charge in [0.2, 0.25) is 29.1 Å². The van der Waals surface area contributed by atoms with E-state index < -0.39 is 53.3 Å². The molecule has 1 aromatic carbocycles. The summed E-state index contributed by atoms with van der Waals surface area (Å²) >= 11 is 0. The molecule has 2 aromatic heterocycles. The summed E-state index contributed by atoms with van der Waals surface area (Å²) in [4.78, 5) is 24.2. The van der Waals surface area contributed by atoms with Crippen molar-refractivity contribution in [3.8, 4) is 5.75 Å². The number of rotatable bonds is 7. The number of ether oxygens (including phenoxy) is 2. The Morgan fingerprint density at radius 1 is 1.06 bits per heavy atom. The van der Waals surface area contributed by atoms with Crippen LogP contribution in [0, 0.1) is 29.1 Å². The van der Waals surface area contributed by atoms with E-state index in [0.29, 0.717) is 6.54 Å². The van der Waals surface area contributed by atoms with Crippen LogP contribution in [0.2, 0.25) is 0 Å². The molecule has 0 saturated carbocycles. The second-order valence-corrected chi connectivity index (χ2v) is 6.15. The Morgan fingerprint density at radius 2 is 1.69 bits per heavy atom. The molecule has 32 heavy (non-hydrogen) atoms. The number of aromatic nitrogens is 2. The second kappa shape index (κ2) is 9.08. The van der Waals surface area contributed by atoms with Crippen molar-refractivity contribution in [2.75, 3.05) is 12.4 Å². The number of amides is 1. The largest absolute Gasteiger partial charge is 0.479 e. The summed E-state index contributed by atoms with van der Waals surface area (Å²) < 4.78 is 82.7. The molecule has 8 nitrogen and oxygen atoms in total. The van der Waals surface area contributed by atoms with Gasteiger partial charge in [-0.15, -0.1) is 0 Å². The van der Waals surface area contributed by atoms with E-state index >= 15 is 0 Å². The number of hydrogen-bond acceptors (Lipinski definition) is 6. The minimum absolute atomic E-state index is 0.0410. The highest BCUT2D eigenvalue weighted by molar-refractivity contribution is 6.05. The molecular weight excluding hydrogens is 445 g/mol. The van der Waals surface area contributed by atoms with Crippen LogP contribution in [0.5, 0.6) is 5.75 Å². The molecule has 0 saturated heterocycles. The SMILES string of the molecule is CCn1cc(NC(=O)c2ccc(COc3c(F)c(F)c(F)c(F)c3F)o2)c(C(=O)OC)n1.